The zero-order valence-electron chi connectivity index (χ0n) is 11.6. The first kappa shape index (κ1) is 14.5. The summed E-state index contributed by atoms with van der Waals surface area (Å²) in [6.07, 6.45) is 4.45. The van der Waals surface area contributed by atoms with E-state index in [-0.39, 0.29) is 16.5 Å². The topological polar surface area (TPSA) is 46.4 Å². The number of pyridine rings is 1. The molecule has 0 aliphatic carbocycles. The predicted molar refractivity (Wildman–Crippen MR) is 82.6 cm³/mol. The zero-order chi connectivity index (χ0) is 15.5. The van der Waals surface area contributed by atoms with Crippen molar-refractivity contribution < 1.29 is 9.18 Å². The van der Waals surface area contributed by atoms with Gasteiger partial charge in [-0.3, -0.25) is 4.79 Å². The van der Waals surface area contributed by atoms with Gasteiger partial charge in [-0.2, -0.15) is 0 Å². The van der Waals surface area contributed by atoms with E-state index in [2.05, 4.69) is 10.3 Å². The van der Waals surface area contributed by atoms with Crippen molar-refractivity contribution in [3.8, 4) is 0 Å². The van der Waals surface area contributed by atoms with Gasteiger partial charge in [-0.15, -0.1) is 0 Å². The Labute approximate surface area is 131 Å². The van der Waals surface area contributed by atoms with E-state index in [9.17, 15) is 9.18 Å². The van der Waals surface area contributed by atoms with E-state index in [1.165, 1.54) is 12.1 Å². The molecule has 0 saturated heterocycles. The van der Waals surface area contributed by atoms with Crippen molar-refractivity contribution in [1.82, 2.24) is 14.7 Å². The molecule has 0 aliphatic heterocycles. The molecule has 3 aromatic rings. The molecule has 1 N–H and O–H groups in total. The Balaban J connectivity index is 1.61. The Kier molecular flexibility index (Phi) is 4.06. The molecule has 22 heavy (non-hydrogen) atoms. The first-order valence-corrected chi connectivity index (χ1v) is 7.17. The van der Waals surface area contributed by atoms with Crippen molar-refractivity contribution >= 4 is 23.2 Å². The zero-order valence-corrected chi connectivity index (χ0v) is 12.3. The van der Waals surface area contributed by atoms with Gasteiger partial charge in [-0.25, -0.2) is 9.37 Å². The van der Waals surface area contributed by atoms with E-state index in [4.69, 9.17) is 11.6 Å². The standard InChI is InChI=1S/C16H13ClFN3O/c17-14-9-11(18)4-5-13(14)16(22)19-7-6-12-10-21-8-2-1-3-15(21)20-12/h1-5,8-10H,6-7H2,(H,19,22). The van der Waals surface area contributed by atoms with Gasteiger partial charge in [0.1, 0.15) is 11.5 Å². The third kappa shape index (κ3) is 3.09. The number of hydrogen-bond acceptors (Lipinski definition) is 2. The number of amides is 1. The number of carbonyl (C=O) groups excluding carboxylic acids is 1. The Bertz CT molecular complexity index is 798. The fourth-order valence-electron chi connectivity index (χ4n) is 2.18. The molecular formula is C16H13ClFN3O. The van der Waals surface area contributed by atoms with Gasteiger partial charge < -0.3 is 9.72 Å². The Morgan fingerprint density at radius 2 is 2.18 bits per heavy atom. The van der Waals surface area contributed by atoms with Crippen molar-refractivity contribution in [3.05, 3.63) is 70.9 Å². The average Bonchev–Trinajstić information content (AvgIpc) is 2.89. The third-order valence-electron chi connectivity index (χ3n) is 3.26. The smallest absolute Gasteiger partial charge is 0.252 e. The maximum absolute atomic E-state index is 13.0. The van der Waals surface area contributed by atoms with Gasteiger partial charge in [0.25, 0.3) is 5.91 Å². The van der Waals surface area contributed by atoms with Crippen LogP contribution in [0.1, 0.15) is 16.1 Å². The Morgan fingerprint density at radius 1 is 1.32 bits per heavy atom. The minimum absolute atomic E-state index is 0.102. The van der Waals surface area contributed by atoms with E-state index in [1.54, 1.807) is 0 Å². The molecule has 0 bridgehead atoms. The second-order valence-corrected chi connectivity index (χ2v) is 5.24. The molecule has 0 aliphatic rings. The minimum atomic E-state index is -0.466. The van der Waals surface area contributed by atoms with Crippen molar-refractivity contribution in [3.63, 3.8) is 0 Å². The lowest BCUT2D eigenvalue weighted by atomic mass is 10.2. The van der Waals surface area contributed by atoms with Crippen LogP contribution in [-0.4, -0.2) is 21.8 Å². The lowest BCUT2D eigenvalue weighted by Crippen LogP contribution is -2.26. The summed E-state index contributed by atoms with van der Waals surface area (Å²) in [5.74, 6) is -0.792. The van der Waals surface area contributed by atoms with Crippen LogP contribution in [0.15, 0.2) is 48.8 Å². The maximum Gasteiger partial charge on any atom is 0.252 e. The van der Waals surface area contributed by atoms with Gasteiger partial charge in [0, 0.05) is 25.4 Å². The van der Waals surface area contributed by atoms with E-state index in [0.29, 0.717) is 13.0 Å². The molecule has 6 heteroatoms. The largest absolute Gasteiger partial charge is 0.352 e. The van der Waals surface area contributed by atoms with Gasteiger partial charge >= 0.3 is 0 Å². The van der Waals surface area contributed by atoms with Crippen LogP contribution in [0, 0.1) is 5.82 Å². The van der Waals surface area contributed by atoms with Crippen molar-refractivity contribution in [2.45, 2.75) is 6.42 Å². The molecule has 0 fully saturated rings. The van der Waals surface area contributed by atoms with E-state index in [1.807, 2.05) is 35.0 Å². The summed E-state index contributed by atoms with van der Waals surface area (Å²) in [5.41, 5.74) is 2.01. The number of carbonyl (C=O) groups is 1. The monoisotopic (exact) mass is 317 g/mol. The number of imidazole rings is 1. The number of nitrogens with one attached hydrogen (secondary N) is 1. The van der Waals surface area contributed by atoms with Gasteiger partial charge in [-0.1, -0.05) is 17.7 Å². The molecular weight excluding hydrogens is 305 g/mol. The second-order valence-electron chi connectivity index (χ2n) is 4.83. The Morgan fingerprint density at radius 3 is 2.95 bits per heavy atom. The van der Waals surface area contributed by atoms with Crippen LogP contribution in [0.4, 0.5) is 4.39 Å². The fraction of sp³-hybridized carbons (Fsp3) is 0.125. The van der Waals surface area contributed by atoms with Crippen LogP contribution in [0.2, 0.25) is 5.02 Å². The lowest BCUT2D eigenvalue weighted by molar-refractivity contribution is 0.0954. The van der Waals surface area contributed by atoms with Crippen molar-refractivity contribution in [2.75, 3.05) is 6.54 Å². The maximum atomic E-state index is 13.0. The summed E-state index contributed by atoms with van der Waals surface area (Å²) in [5, 5.41) is 2.86. The van der Waals surface area contributed by atoms with Crippen LogP contribution < -0.4 is 5.32 Å². The highest BCUT2D eigenvalue weighted by atomic mass is 35.5. The van der Waals surface area contributed by atoms with E-state index >= 15 is 0 Å². The number of rotatable bonds is 4. The SMILES string of the molecule is O=C(NCCc1cn2ccccc2n1)c1ccc(F)cc1Cl. The molecule has 0 spiro atoms. The summed E-state index contributed by atoms with van der Waals surface area (Å²) in [7, 11) is 0. The number of nitrogens with zero attached hydrogens (tertiary/aromatic N) is 2. The highest BCUT2D eigenvalue weighted by molar-refractivity contribution is 6.33. The van der Waals surface area contributed by atoms with Crippen LogP contribution in [0.5, 0.6) is 0 Å². The van der Waals surface area contributed by atoms with Crippen LogP contribution in [0.25, 0.3) is 5.65 Å². The summed E-state index contributed by atoms with van der Waals surface area (Å²) in [6, 6.07) is 9.47. The molecule has 4 nitrogen and oxygen atoms in total. The minimum Gasteiger partial charge on any atom is -0.352 e. The number of fused-ring (bicyclic) bond motifs is 1. The summed E-state index contributed by atoms with van der Waals surface area (Å²) in [6.45, 7) is 0.427. The fourth-order valence-corrected chi connectivity index (χ4v) is 2.43. The van der Waals surface area contributed by atoms with Crippen LogP contribution in [0.3, 0.4) is 0 Å². The molecule has 0 unspecified atom stereocenters. The molecule has 2 aromatic heterocycles. The number of aromatic nitrogens is 2. The highest BCUT2D eigenvalue weighted by Gasteiger charge is 2.10. The van der Waals surface area contributed by atoms with Crippen LogP contribution >= 0.6 is 11.6 Å². The van der Waals surface area contributed by atoms with Gasteiger partial charge in [0.2, 0.25) is 0 Å². The average molecular weight is 318 g/mol. The number of halogens is 2. The summed E-state index contributed by atoms with van der Waals surface area (Å²) < 4.78 is 14.9. The Hall–Kier alpha value is -2.40. The predicted octanol–water partition coefficient (Wildman–Crippen LogP) is 3.10. The molecule has 0 atom stereocenters. The molecule has 1 aromatic carbocycles. The number of benzene rings is 1. The van der Waals surface area contributed by atoms with Gasteiger partial charge in [0.05, 0.1) is 16.3 Å². The summed E-state index contributed by atoms with van der Waals surface area (Å²) in [4.78, 5) is 16.4. The first-order valence-electron chi connectivity index (χ1n) is 6.79. The third-order valence-corrected chi connectivity index (χ3v) is 3.57. The highest BCUT2D eigenvalue weighted by Crippen LogP contribution is 2.17. The molecule has 0 radical (unpaired) electrons. The molecule has 2 heterocycles. The van der Waals surface area contributed by atoms with Crippen LogP contribution in [-0.2, 0) is 6.42 Å². The lowest BCUT2D eigenvalue weighted by Gasteiger charge is -2.05. The molecule has 1 amide bonds. The van der Waals surface area contributed by atoms with Crippen molar-refractivity contribution in [1.29, 1.82) is 0 Å². The molecule has 3 rings (SSSR count). The van der Waals surface area contributed by atoms with Crippen molar-refractivity contribution in [2.24, 2.45) is 0 Å². The quantitative estimate of drug-likeness (QED) is 0.803. The first-order chi connectivity index (χ1) is 10.6. The van der Waals surface area contributed by atoms with Gasteiger partial charge in [0.15, 0.2) is 0 Å². The molecule has 112 valence electrons. The summed E-state index contributed by atoms with van der Waals surface area (Å²) >= 11 is 5.86. The second kappa shape index (κ2) is 6.15. The normalized spacial score (nSPS) is 10.8. The van der Waals surface area contributed by atoms with E-state index in [0.717, 1.165) is 17.4 Å². The van der Waals surface area contributed by atoms with E-state index < -0.39 is 5.82 Å². The molecule has 0 saturated carbocycles. The van der Waals surface area contributed by atoms with Gasteiger partial charge in [-0.05, 0) is 30.3 Å². The number of hydrogen-bond donors (Lipinski definition) is 1.